The van der Waals surface area contributed by atoms with Crippen LogP contribution in [0.2, 0.25) is 0 Å². The van der Waals surface area contributed by atoms with E-state index < -0.39 is 0 Å². The van der Waals surface area contributed by atoms with Gasteiger partial charge in [-0.25, -0.2) is 4.98 Å². The highest BCUT2D eigenvalue weighted by Crippen LogP contribution is 2.27. The topological polar surface area (TPSA) is 43.8 Å². The van der Waals surface area contributed by atoms with Crippen LogP contribution in [-0.2, 0) is 6.42 Å². The number of guanidine groups is 1. The van der Waals surface area contributed by atoms with Gasteiger partial charge in [0.1, 0.15) is 0 Å². The lowest BCUT2D eigenvalue weighted by molar-refractivity contribution is 0.486. The fourth-order valence-corrected chi connectivity index (χ4v) is 5.03. The average molecular weight is 526 g/mol. The first-order chi connectivity index (χ1) is 13.8. The smallest absolute Gasteiger partial charge is 0.193 e. The Bertz CT molecular complexity index is 773. The first-order valence-electron chi connectivity index (χ1n) is 10.6. The van der Waals surface area contributed by atoms with Crippen LogP contribution in [0.3, 0.4) is 0 Å². The Morgan fingerprint density at radius 1 is 1.21 bits per heavy atom. The molecule has 4 rings (SSSR count). The largest absolute Gasteiger partial charge is 0.357 e. The van der Waals surface area contributed by atoms with E-state index >= 15 is 0 Å². The fraction of sp³-hybridized carbons (Fsp3) is 0.545. The van der Waals surface area contributed by atoms with Crippen molar-refractivity contribution in [3.63, 3.8) is 0 Å². The Hall–Kier alpha value is -1.35. The Morgan fingerprint density at radius 3 is 2.76 bits per heavy atom. The van der Waals surface area contributed by atoms with E-state index in [1.54, 1.807) is 11.3 Å². The van der Waals surface area contributed by atoms with Crippen molar-refractivity contribution in [3.05, 3.63) is 47.0 Å². The molecule has 158 valence electrons. The zero-order valence-electron chi connectivity index (χ0n) is 17.2. The van der Waals surface area contributed by atoms with E-state index in [1.807, 2.05) is 0 Å². The predicted molar refractivity (Wildman–Crippen MR) is 134 cm³/mol. The van der Waals surface area contributed by atoms with E-state index in [2.05, 4.69) is 57.8 Å². The molecule has 2 aliphatic heterocycles. The van der Waals surface area contributed by atoms with Gasteiger partial charge in [0.15, 0.2) is 11.1 Å². The molecule has 0 amide bonds. The lowest BCUT2D eigenvalue weighted by Crippen LogP contribution is -2.40. The summed E-state index contributed by atoms with van der Waals surface area (Å²) in [7, 11) is 0. The number of likely N-dealkylation sites (tertiary alicyclic amines) is 1. The van der Waals surface area contributed by atoms with Crippen LogP contribution in [0.1, 0.15) is 43.4 Å². The van der Waals surface area contributed by atoms with Crippen LogP contribution >= 0.6 is 35.3 Å². The third-order valence-electron chi connectivity index (χ3n) is 5.64. The minimum absolute atomic E-state index is 0. The summed E-state index contributed by atoms with van der Waals surface area (Å²) in [6.07, 6.45) is 4.70. The summed E-state index contributed by atoms with van der Waals surface area (Å²) < 4.78 is 0. The van der Waals surface area contributed by atoms with Crippen LogP contribution in [0.5, 0.6) is 0 Å². The molecule has 0 saturated carbocycles. The van der Waals surface area contributed by atoms with Crippen molar-refractivity contribution in [1.82, 2.24) is 15.2 Å². The van der Waals surface area contributed by atoms with Crippen LogP contribution in [0.4, 0.5) is 5.13 Å². The van der Waals surface area contributed by atoms with Crippen molar-refractivity contribution >= 4 is 46.4 Å². The van der Waals surface area contributed by atoms with Crippen molar-refractivity contribution in [1.29, 1.82) is 0 Å². The summed E-state index contributed by atoms with van der Waals surface area (Å²) in [5.74, 6) is 1.66. The van der Waals surface area contributed by atoms with Gasteiger partial charge >= 0.3 is 0 Å². The molecule has 2 fully saturated rings. The average Bonchev–Trinajstić information content (AvgIpc) is 3.49. The third kappa shape index (κ3) is 5.84. The van der Waals surface area contributed by atoms with Gasteiger partial charge in [0.25, 0.3) is 0 Å². The van der Waals surface area contributed by atoms with Gasteiger partial charge in [-0.3, -0.25) is 4.99 Å². The van der Waals surface area contributed by atoms with Gasteiger partial charge < -0.3 is 15.1 Å². The molecule has 29 heavy (non-hydrogen) atoms. The number of halogens is 1. The maximum Gasteiger partial charge on any atom is 0.193 e. The number of aromatic nitrogens is 1. The zero-order valence-corrected chi connectivity index (χ0v) is 20.4. The molecule has 1 aromatic carbocycles. The van der Waals surface area contributed by atoms with Crippen LogP contribution in [-0.4, -0.2) is 55.1 Å². The van der Waals surface area contributed by atoms with E-state index in [9.17, 15) is 0 Å². The molecular weight excluding hydrogens is 493 g/mol. The molecule has 1 atom stereocenters. The van der Waals surface area contributed by atoms with Crippen LogP contribution in [0, 0.1) is 0 Å². The summed E-state index contributed by atoms with van der Waals surface area (Å²) in [5, 5.41) is 6.88. The van der Waals surface area contributed by atoms with Crippen molar-refractivity contribution < 1.29 is 0 Å². The summed E-state index contributed by atoms with van der Waals surface area (Å²) in [5.41, 5.74) is 2.62. The second-order valence-corrected chi connectivity index (χ2v) is 8.48. The zero-order chi connectivity index (χ0) is 19.2. The molecule has 0 bridgehead atoms. The molecule has 2 aromatic rings. The van der Waals surface area contributed by atoms with E-state index in [-0.39, 0.29) is 24.0 Å². The molecule has 2 aliphatic rings. The number of thiazole rings is 1. The van der Waals surface area contributed by atoms with Crippen molar-refractivity contribution in [2.75, 3.05) is 44.2 Å². The number of benzene rings is 1. The highest BCUT2D eigenvalue weighted by atomic mass is 127. The Morgan fingerprint density at radius 2 is 2.00 bits per heavy atom. The lowest BCUT2D eigenvalue weighted by atomic mass is 9.99. The van der Waals surface area contributed by atoms with Crippen LogP contribution in [0.15, 0.2) is 40.7 Å². The summed E-state index contributed by atoms with van der Waals surface area (Å²) >= 11 is 1.78. The Kier molecular flexibility index (Phi) is 8.59. The molecule has 2 saturated heterocycles. The minimum Gasteiger partial charge on any atom is -0.357 e. The fourth-order valence-electron chi connectivity index (χ4n) is 4.12. The Labute approximate surface area is 195 Å². The number of nitrogens with zero attached hydrogens (tertiary/aromatic N) is 4. The van der Waals surface area contributed by atoms with E-state index in [0.717, 1.165) is 51.6 Å². The first-order valence-corrected chi connectivity index (χ1v) is 11.5. The molecule has 1 aromatic heterocycles. The molecule has 5 nitrogen and oxygen atoms in total. The van der Waals surface area contributed by atoms with Gasteiger partial charge in [0, 0.05) is 57.0 Å². The maximum absolute atomic E-state index is 4.91. The summed E-state index contributed by atoms with van der Waals surface area (Å²) in [6, 6.07) is 10.9. The van der Waals surface area contributed by atoms with Gasteiger partial charge in [-0.15, -0.1) is 35.3 Å². The molecule has 0 spiro atoms. The highest BCUT2D eigenvalue weighted by molar-refractivity contribution is 14.0. The third-order valence-corrected chi connectivity index (χ3v) is 6.59. The van der Waals surface area contributed by atoms with Crippen LogP contribution in [0.25, 0.3) is 0 Å². The van der Waals surface area contributed by atoms with Crippen molar-refractivity contribution in [2.24, 2.45) is 4.99 Å². The number of nitrogens with one attached hydrogen (secondary N) is 1. The quantitative estimate of drug-likeness (QED) is 0.346. The van der Waals surface area contributed by atoms with Gasteiger partial charge in [-0.1, -0.05) is 30.3 Å². The number of anilines is 1. The van der Waals surface area contributed by atoms with Gasteiger partial charge in [0.05, 0.1) is 5.69 Å². The molecular formula is C22H32IN5S. The van der Waals surface area contributed by atoms with Crippen molar-refractivity contribution in [3.8, 4) is 0 Å². The first kappa shape index (κ1) is 22.3. The number of hydrogen-bond donors (Lipinski definition) is 1. The standard InChI is InChI=1S/C22H31N5S.HI/c1-2-23-21(27-15-11-19(16-27)18-8-4-3-5-9-18)24-12-10-20-17-28-22(25-20)26-13-6-7-14-26;/h3-5,8-9,17,19H,2,6-7,10-16H2,1H3,(H,23,24);1H. The summed E-state index contributed by atoms with van der Waals surface area (Å²) in [4.78, 5) is 14.6. The van der Waals surface area contributed by atoms with Gasteiger partial charge in [-0.05, 0) is 31.7 Å². The second-order valence-electron chi connectivity index (χ2n) is 7.64. The lowest BCUT2D eigenvalue weighted by Gasteiger charge is -2.21. The normalized spacial score (nSPS) is 19.5. The van der Waals surface area contributed by atoms with Crippen LogP contribution < -0.4 is 10.2 Å². The number of hydrogen-bond acceptors (Lipinski definition) is 4. The number of rotatable bonds is 6. The summed E-state index contributed by atoms with van der Waals surface area (Å²) in [6.45, 7) is 8.27. The van der Waals surface area contributed by atoms with E-state index in [0.29, 0.717) is 5.92 Å². The van der Waals surface area contributed by atoms with Crippen molar-refractivity contribution in [2.45, 2.75) is 38.5 Å². The minimum atomic E-state index is 0. The second kappa shape index (κ2) is 11.2. The SMILES string of the molecule is CCNC(=NCCc1csc(N2CCCC2)n1)N1CCC(c2ccccc2)C1.I. The highest BCUT2D eigenvalue weighted by Gasteiger charge is 2.25. The van der Waals surface area contributed by atoms with E-state index in [1.165, 1.54) is 35.7 Å². The van der Waals surface area contributed by atoms with Gasteiger partial charge in [-0.2, -0.15) is 0 Å². The maximum atomic E-state index is 4.91. The molecule has 1 unspecified atom stereocenters. The monoisotopic (exact) mass is 525 g/mol. The van der Waals surface area contributed by atoms with E-state index in [4.69, 9.17) is 9.98 Å². The molecule has 0 aliphatic carbocycles. The number of aliphatic imine (C=N–C) groups is 1. The Balaban J connectivity index is 0.00000240. The molecule has 3 heterocycles. The van der Waals surface area contributed by atoms with Gasteiger partial charge in [0.2, 0.25) is 0 Å². The molecule has 7 heteroatoms. The molecule has 0 radical (unpaired) electrons. The molecule has 1 N–H and O–H groups in total. The predicted octanol–water partition coefficient (Wildman–Crippen LogP) is 4.36.